The minimum absolute atomic E-state index is 0.0687. The minimum Gasteiger partial charge on any atom is -0.467 e. The lowest BCUT2D eigenvalue weighted by atomic mass is 10.3. The maximum atomic E-state index is 11.9. The lowest BCUT2D eigenvalue weighted by molar-refractivity contribution is -0.158. The zero-order valence-corrected chi connectivity index (χ0v) is 9.62. The molecule has 1 atom stereocenters. The first-order chi connectivity index (χ1) is 8.33. The summed E-state index contributed by atoms with van der Waals surface area (Å²) in [5, 5.41) is 1.72. The summed E-state index contributed by atoms with van der Waals surface area (Å²) >= 11 is 0. The maximum Gasteiger partial charge on any atom is 0.405 e. The van der Waals surface area contributed by atoms with Gasteiger partial charge >= 0.3 is 18.2 Å². The van der Waals surface area contributed by atoms with E-state index in [1.165, 1.54) is 0 Å². The van der Waals surface area contributed by atoms with Gasteiger partial charge in [0.15, 0.2) is 6.10 Å². The number of hydrogen-bond donors (Lipinski definition) is 1. The van der Waals surface area contributed by atoms with E-state index in [9.17, 15) is 22.8 Å². The lowest BCUT2D eigenvalue weighted by Crippen LogP contribution is -2.53. The van der Waals surface area contributed by atoms with Gasteiger partial charge in [0.2, 0.25) is 0 Å². The molecule has 0 bridgehead atoms. The molecule has 104 valence electrons. The van der Waals surface area contributed by atoms with Crippen LogP contribution >= 0.6 is 0 Å². The van der Waals surface area contributed by atoms with Crippen molar-refractivity contribution in [3.63, 3.8) is 0 Å². The highest BCUT2D eigenvalue weighted by Gasteiger charge is 2.32. The molecule has 6 nitrogen and oxygen atoms in total. The highest BCUT2D eigenvalue weighted by molar-refractivity contribution is 5.78. The second kappa shape index (κ2) is 5.89. The molecule has 0 aromatic carbocycles. The summed E-state index contributed by atoms with van der Waals surface area (Å²) in [4.78, 5) is 23.7. The van der Waals surface area contributed by atoms with Gasteiger partial charge in [-0.2, -0.15) is 13.2 Å². The number of esters is 1. The zero-order valence-electron chi connectivity index (χ0n) is 9.62. The van der Waals surface area contributed by atoms with Gasteiger partial charge in [0.25, 0.3) is 0 Å². The molecule has 1 aliphatic heterocycles. The van der Waals surface area contributed by atoms with E-state index >= 15 is 0 Å². The maximum absolute atomic E-state index is 11.9. The summed E-state index contributed by atoms with van der Waals surface area (Å²) in [6.07, 6.45) is -5.43. The van der Waals surface area contributed by atoms with Crippen LogP contribution in [0.25, 0.3) is 0 Å². The molecule has 1 heterocycles. The number of morpholine rings is 1. The summed E-state index contributed by atoms with van der Waals surface area (Å²) in [5.41, 5.74) is 0. The van der Waals surface area contributed by atoms with Crippen molar-refractivity contribution < 1.29 is 32.2 Å². The predicted molar refractivity (Wildman–Crippen MR) is 52.8 cm³/mol. The minimum atomic E-state index is -4.47. The fraction of sp³-hybridized carbons (Fsp3) is 0.778. The number of urea groups is 1. The number of halogens is 3. The van der Waals surface area contributed by atoms with Crippen LogP contribution in [0.4, 0.5) is 18.0 Å². The van der Waals surface area contributed by atoms with Crippen LogP contribution in [-0.4, -0.2) is 62.5 Å². The van der Waals surface area contributed by atoms with Crippen molar-refractivity contribution in [3.8, 4) is 0 Å². The molecular weight excluding hydrogens is 257 g/mol. The number of rotatable bonds is 2. The number of alkyl halides is 3. The van der Waals surface area contributed by atoms with Gasteiger partial charge in [-0.3, -0.25) is 0 Å². The Morgan fingerprint density at radius 3 is 2.72 bits per heavy atom. The monoisotopic (exact) mass is 270 g/mol. The summed E-state index contributed by atoms with van der Waals surface area (Å²) in [6, 6.07) is -0.885. The Morgan fingerprint density at radius 1 is 1.50 bits per heavy atom. The number of ether oxygens (including phenoxy) is 2. The van der Waals surface area contributed by atoms with Gasteiger partial charge in [0, 0.05) is 6.54 Å². The van der Waals surface area contributed by atoms with Gasteiger partial charge in [0.05, 0.1) is 20.3 Å². The third-order valence-electron chi connectivity index (χ3n) is 2.26. The quantitative estimate of drug-likeness (QED) is 0.724. The molecule has 1 aliphatic rings. The first kappa shape index (κ1) is 14.6. The normalized spacial score (nSPS) is 20.4. The van der Waals surface area contributed by atoms with E-state index in [0.717, 1.165) is 12.0 Å². The Kier molecular flexibility index (Phi) is 4.76. The van der Waals surface area contributed by atoms with Crippen LogP contribution in [0.3, 0.4) is 0 Å². The first-order valence-electron chi connectivity index (χ1n) is 5.12. The molecule has 1 unspecified atom stereocenters. The summed E-state index contributed by atoms with van der Waals surface area (Å²) in [7, 11) is 1.16. The van der Waals surface area contributed by atoms with Crippen LogP contribution < -0.4 is 5.32 Å². The van der Waals surface area contributed by atoms with Crippen LogP contribution in [0.2, 0.25) is 0 Å². The Labute approximate surface area is 101 Å². The third-order valence-corrected chi connectivity index (χ3v) is 2.26. The van der Waals surface area contributed by atoms with Gasteiger partial charge in [-0.25, -0.2) is 9.59 Å². The molecule has 0 saturated carbocycles. The van der Waals surface area contributed by atoms with Gasteiger partial charge in [0.1, 0.15) is 6.54 Å². The zero-order chi connectivity index (χ0) is 13.8. The van der Waals surface area contributed by atoms with Crippen LogP contribution in [0.15, 0.2) is 0 Å². The SMILES string of the molecule is COC(=O)C1CN(C(=O)NCC(F)(F)F)CCO1. The van der Waals surface area contributed by atoms with E-state index in [-0.39, 0.29) is 19.7 Å². The molecule has 0 radical (unpaired) electrons. The van der Waals surface area contributed by atoms with Crippen molar-refractivity contribution in [2.24, 2.45) is 0 Å². The number of carbonyl (C=O) groups is 2. The average Bonchev–Trinajstić information content (AvgIpc) is 2.34. The predicted octanol–water partition coefficient (Wildman–Crippen LogP) is 0.132. The van der Waals surface area contributed by atoms with Crippen molar-refractivity contribution in [2.45, 2.75) is 12.3 Å². The lowest BCUT2D eigenvalue weighted by Gasteiger charge is -2.31. The van der Waals surface area contributed by atoms with Gasteiger partial charge in [-0.05, 0) is 0 Å². The molecule has 9 heteroatoms. The van der Waals surface area contributed by atoms with Crippen LogP contribution in [-0.2, 0) is 14.3 Å². The van der Waals surface area contributed by atoms with Crippen molar-refractivity contribution in [1.82, 2.24) is 10.2 Å². The molecule has 0 aliphatic carbocycles. The Balaban J connectivity index is 2.46. The average molecular weight is 270 g/mol. The summed E-state index contributed by atoms with van der Waals surface area (Å²) < 4.78 is 45.2. The molecule has 1 N–H and O–H groups in total. The fourth-order valence-electron chi connectivity index (χ4n) is 1.40. The van der Waals surface area contributed by atoms with Crippen molar-refractivity contribution in [3.05, 3.63) is 0 Å². The number of carbonyl (C=O) groups excluding carboxylic acids is 2. The molecule has 0 spiro atoms. The van der Waals surface area contributed by atoms with E-state index in [1.54, 1.807) is 5.32 Å². The molecule has 1 saturated heterocycles. The Bertz CT molecular complexity index is 321. The number of nitrogens with zero attached hydrogens (tertiary/aromatic N) is 1. The number of hydrogen-bond acceptors (Lipinski definition) is 4. The van der Waals surface area contributed by atoms with E-state index in [4.69, 9.17) is 4.74 Å². The Hall–Kier alpha value is -1.51. The van der Waals surface area contributed by atoms with Crippen molar-refractivity contribution >= 4 is 12.0 Å². The molecule has 1 fully saturated rings. The van der Waals surface area contributed by atoms with E-state index in [1.807, 2.05) is 0 Å². The van der Waals surface area contributed by atoms with Crippen molar-refractivity contribution in [1.29, 1.82) is 0 Å². The van der Waals surface area contributed by atoms with E-state index in [0.29, 0.717) is 0 Å². The number of amides is 2. The second-order valence-electron chi connectivity index (χ2n) is 3.60. The fourth-order valence-corrected chi connectivity index (χ4v) is 1.40. The van der Waals surface area contributed by atoms with E-state index in [2.05, 4.69) is 4.74 Å². The molecular formula is C9H13F3N2O4. The largest absolute Gasteiger partial charge is 0.467 e. The van der Waals surface area contributed by atoms with Crippen molar-refractivity contribution in [2.75, 3.05) is 33.4 Å². The summed E-state index contributed by atoms with van der Waals surface area (Å²) in [6.45, 7) is -1.35. The topological polar surface area (TPSA) is 67.9 Å². The van der Waals surface area contributed by atoms with Gasteiger partial charge in [-0.15, -0.1) is 0 Å². The highest BCUT2D eigenvalue weighted by atomic mass is 19.4. The van der Waals surface area contributed by atoms with E-state index < -0.39 is 30.8 Å². The van der Waals surface area contributed by atoms with Crippen LogP contribution in [0, 0.1) is 0 Å². The van der Waals surface area contributed by atoms with Gasteiger partial charge in [-0.1, -0.05) is 0 Å². The number of nitrogens with one attached hydrogen (secondary N) is 1. The number of methoxy groups -OCH3 is 1. The second-order valence-corrected chi connectivity index (χ2v) is 3.60. The molecule has 18 heavy (non-hydrogen) atoms. The standard InChI is InChI=1S/C9H13F3N2O4/c1-17-7(15)6-4-14(2-3-18-6)8(16)13-5-9(10,11)12/h6H,2-5H2,1H3,(H,13,16). The Morgan fingerprint density at radius 2 is 2.17 bits per heavy atom. The summed E-state index contributed by atoms with van der Waals surface area (Å²) in [5.74, 6) is -0.664. The molecule has 0 aromatic rings. The highest BCUT2D eigenvalue weighted by Crippen LogP contribution is 2.13. The van der Waals surface area contributed by atoms with Crippen LogP contribution in [0.5, 0.6) is 0 Å². The van der Waals surface area contributed by atoms with Crippen LogP contribution in [0.1, 0.15) is 0 Å². The molecule has 1 rings (SSSR count). The smallest absolute Gasteiger partial charge is 0.405 e. The third kappa shape index (κ3) is 4.40. The molecule has 0 aromatic heterocycles. The molecule has 2 amide bonds. The first-order valence-corrected chi connectivity index (χ1v) is 5.12. The van der Waals surface area contributed by atoms with Gasteiger partial charge < -0.3 is 19.7 Å².